The van der Waals surface area contributed by atoms with Crippen molar-refractivity contribution >= 4 is 38.8 Å². The summed E-state index contributed by atoms with van der Waals surface area (Å²) in [6.45, 7) is 1.91. The summed E-state index contributed by atoms with van der Waals surface area (Å²) in [6, 6.07) is 14.5. The van der Waals surface area contributed by atoms with Crippen LogP contribution < -0.4 is 10.1 Å². The number of carbonyl (C=O) groups excluding carboxylic acids is 1. The van der Waals surface area contributed by atoms with E-state index in [0.29, 0.717) is 34.1 Å². The van der Waals surface area contributed by atoms with E-state index in [1.165, 1.54) is 7.11 Å². The van der Waals surface area contributed by atoms with Crippen molar-refractivity contribution in [1.29, 1.82) is 0 Å². The van der Waals surface area contributed by atoms with Gasteiger partial charge in [0.2, 0.25) is 5.89 Å². The number of fused-ring (bicyclic) bond motifs is 1. The zero-order valence-corrected chi connectivity index (χ0v) is 16.8. The van der Waals surface area contributed by atoms with Gasteiger partial charge >= 0.3 is 0 Å². The number of amides is 1. The predicted octanol–water partition coefficient (Wildman–Crippen LogP) is 5.22. The summed E-state index contributed by atoms with van der Waals surface area (Å²) < 4.78 is 11.9. The van der Waals surface area contributed by atoms with Crippen LogP contribution in [0.4, 0.5) is 5.69 Å². The molecule has 0 saturated carbocycles. The Morgan fingerprint density at radius 3 is 2.82 bits per heavy atom. The summed E-state index contributed by atoms with van der Waals surface area (Å²) >= 11 is 3.39. The minimum Gasteiger partial charge on any atom is -0.496 e. The fourth-order valence-corrected chi connectivity index (χ4v) is 3.30. The van der Waals surface area contributed by atoms with Gasteiger partial charge in [0.1, 0.15) is 5.75 Å². The molecule has 0 aliphatic carbocycles. The van der Waals surface area contributed by atoms with Crippen LogP contribution in [0.15, 0.2) is 63.6 Å². The van der Waals surface area contributed by atoms with E-state index in [2.05, 4.69) is 31.2 Å². The lowest BCUT2D eigenvalue weighted by Crippen LogP contribution is -2.14. The highest BCUT2D eigenvalue weighted by Gasteiger charge is 2.17. The minimum atomic E-state index is -0.266. The standard InChI is InChI=1S/C21H16BrN3O3/c1-12-14(21-25-19-18(28-21)7-4-10-23-19)5-3-6-16(12)24-20(26)15-11-13(22)8-9-17(15)27-2/h3-11H,1-2H3,(H,24,26). The second-order valence-electron chi connectivity index (χ2n) is 6.12. The molecule has 0 saturated heterocycles. The second kappa shape index (κ2) is 7.44. The molecule has 1 amide bonds. The fourth-order valence-electron chi connectivity index (χ4n) is 2.93. The molecule has 2 aromatic carbocycles. The Balaban J connectivity index is 1.69. The molecule has 1 N–H and O–H groups in total. The molecule has 2 aromatic heterocycles. The van der Waals surface area contributed by atoms with Gasteiger partial charge in [0, 0.05) is 21.9 Å². The molecule has 28 heavy (non-hydrogen) atoms. The number of benzene rings is 2. The summed E-state index contributed by atoms with van der Waals surface area (Å²) in [7, 11) is 1.53. The molecule has 7 heteroatoms. The Bertz CT molecular complexity index is 1150. The number of ether oxygens (including phenoxy) is 1. The van der Waals surface area contributed by atoms with Crippen LogP contribution in [0.25, 0.3) is 22.7 Å². The van der Waals surface area contributed by atoms with E-state index >= 15 is 0 Å². The molecule has 140 valence electrons. The average Bonchev–Trinajstić information content (AvgIpc) is 3.13. The van der Waals surface area contributed by atoms with Gasteiger partial charge < -0.3 is 14.5 Å². The van der Waals surface area contributed by atoms with Crippen LogP contribution in [-0.2, 0) is 0 Å². The van der Waals surface area contributed by atoms with Crippen molar-refractivity contribution in [3.8, 4) is 17.2 Å². The number of pyridine rings is 1. The number of aromatic nitrogens is 2. The van der Waals surface area contributed by atoms with Gasteiger partial charge in [-0.3, -0.25) is 4.79 Å². The SMILES string of the molecule is COc1ccc(Br)cc1C(=O)Nc1cccc(-c2nc3ncccc3o2)c1C. The van der Waals surface area contributed by atoms with E-state index in [-0.39, 0.29) is 5.91 Å². The van der Waals surface area contributed by atoms with E-state index in [1.54, 1.807) is 24.4 Å². The van der Waals surface area contributed by atoms with Crippen molar-refractivity contribution in [3.63, 3.8) is 0 Å². The number of hydrogen-bond donors (Lipinski definition) is 1. The average molecular weight is 438 g/mol. The fraction of sp³-hybridized carbons (Fsp3) is 0.0952. The summed E-state index contributed by atoms with van der Waals surface area (Å²) in [4.78, 5) is 21.5. The van der Waals surface area contributed by atoms with Crippen LogP contribution in [0.5, 0.6) is 5.75 Å². The van der Waals surface area contributed by atoms with Crippen molar-refractivity contribution in [1.82, 2.24) is 9.97 Å². The van der Waals surface area contributed by atoms with E-state index in [0.717, 1.165) is 15.6 Å². The third kappa shape index (κ3) is 3.36. The van der Waals surface area contributed by atoms with Gasteiger partial charge in [0.05, 0.1) is 12.7 Å². The predicted molar refractivity (Wildman–Crippen MR) is 111 cm³/mol. The van der Waals surface area contributed by atoms with Crippen molar-refractivity contribution in [2.24, 2.45) is 0 Å². The smallest absolute Gasteiger partial charge is 0.259 e. The molecule has 2 heterocycles. The maximum absolute atomic E-state index is 12.8. The van der Waals surface area contributed by atoms with Crippen LogP contribution in [0.1, 0.15) is 15.9 Å². The van der Waals surface area contributed by atoms with Gasteiger partial charge in [0.15, 0.2) is 11.2 Å². The molecular weight excluding hydrogens is 422 g/mol. The van der Waals surface area contributed by atoms with Crippen LogP contribution in [0.2, 0.25) is 0 Å². The van der Waals surface area contributed by atoms with Crippen molar-refractivity contribution in [2.75, 3.05) is 12.4 Å². The molecule has 0 radical (unpaired) electrons. The molecular formula is C21H16BrN3O3. The third-order valence-corrected chi connectivity index (χ3v) is 4.88. The Morgan fingerprint density at radius 1 is 1.18 bits per heavy atom. The molecule has 0 aliphatic rings. The van der Waals surface area contributed by atoms with E-state index in [9.17, 15) is 4.79 Å². The lowest BCUT2D eigenvalue weighted by molar-refractivity contribution is 0.102. The summed E-state index contributed by atoms with van der Waals surface area (Å²) in [5, 5.41) is 2.95. The molecule has 4 aromatic rings. The van der Waals surface area contributed by atoms with Crippen molar-refractivity contribution in [3.05, 3.63) is 70.3 Å². The first-order valence-corrected chi connectivity index (χ1v) is 9.32. The largest absolute Gasteiger partial charge is 0.496 e. The highest BCUT2D eigenvalue weighted by molar-refractivity contribution is 9.10. The van der Waals surface area contributed by atoms with Gasteiger partial charge in [0.25, 0.3) is 5.91 Å². The molecule has 6 nitrogen and oxygen atoms in total. The van der Waals surface area contributed by atoms with Gasteiger partial charge in [-0.15, -0.1) is 0 Å². The number of nitrogens with zero attached hydrogens (tertiary/aromatic N) is 2. The Morgan fingerprint density at radius 2 is 2.04 bits per heavy atom. The maximum Gasteiger partial charge on any atom is 0.259 e. The minimum absolute atomic E-state index is 0.266. The number of rotatable bonds is 4. The van der Waals surface area contributed by atoms with Crippen LogP contribution in [0.3, 0.4) is 0 Å². The highest BCUT2D eigenvalue weighted by Crippen LogP contribution is 2.31. The Hall–Kier alpha value is -3.19. The van der Waals surface area contributed by atoms with Crippen LogP contribution >= 0.6 is 15.9 Å². The number of oxazole rings is 1. The molecule has 0 atom stereocenters. The number of halogens is 1. The Kier molecular flexibility index (Phi) is 4.83. The van der Waals surface area contributed by atoms with Gasteiger partial charge in [-0.05, 0) is 55.0 Å². The van der Waals surface area contributed by atoms with Crippen LogP contribution in [0, 0.1) is 6.92 Å². The monoisotopic (exact) mass is 437 g/mol. The zero-order chi connectivity index (χ0) is 19.7. The van der Waals surface area contributed by atoms with Gasteiger partial charge in [-0.2, -0.15) is 4.98 Å². The highest BCUT2D eigenvalue weighted by atomic mass is 79.9. The van der Waals surface area contributed by atoms with Crippen molar-refractivity contribution < 1.29 is 13.9 Å². The summed E-state index contributed by atoms with van der Waals surface area (Å²) in [5.74, 6) is 0.694. The molecule has 0 spiro atoms. The first-order valence-electron chi connectivity index (χ1n) is 8.53. The van der Waals surface area contributed by atoms with E-state index in [4.69, 9.17) is 9.15 Å². The summed E-state index contributed by atoms with van der Waals surface area (Å²) in [5.41, 5.74) is 3.90. The first kappa shape index (κ1) is 18.2. The molecule has 0 unspecified atom stereocenters. The van der Waals surface area contributed by atoms with Gasteiger partial charge in [-0.25, -0.2) is 4.98 Å². The topological polar surface area (TPSA) is 77.2 Å². The zero-order valence-electron chi connectivity index (χ0n) is 15.2. The van der Waals surface area contributed by atoms with Crippen LogP contribution in [-0.4, -0.2) is 23.0 Å². The number of anilines is 1. The summed E-state index contributed by atoms with van der Waals surface area (Å²) in [6.07, 6.45) is 1.67. The molecule has 0 bridgehead atoms. The lowest BCUT2D eigenvalue weighted by Gasteiger charge is -2.13. The number of methoxy groups -OCH3 is 1. The van der Waals surface area contributed by atoms with Gasteiger partial charge in [-0.1, -0.05) is 22.0 Å². The third-order valence-electron chi connectivity index (χ3n) is 4.38. The molecule has 0 fully saturated rings. The quantitative estimate of drug-likeness (QED) is 0.473. The first-order chi connectivity index (χ1) is 13.6. The lowest BCUT2D eigenvalue weighted by atomic mass is 10.1. The number of hydrogen-bond acceptors (Lipinski definition) is 5. The normalized spacial score (nSPS) is 10.8. The Labute approximate surface area is 169 Å². The van der Waals surface area contributed by atoms with E-state index < -0.39 is 0 Å². The van der Waals surface area contributed by atoms with E-state index in [1.807, 2.05) is 37.3 Å². The maximum atomic E-state index is 12.8. The number of nitrogens with one attached hydrogen (secondary N) is 1. The number of carbonyl (C=O) groups is 1. The second-order valence-corrected chi connectivity index (χ2v) is 7.04. The molecule has 0 aliphatic heterocycles. The van der Waals surface area contributed by atoms with Crippen molar-refractivity contribution in [2.45, 2.75) is 6.92 Å². The molecule has 4 rings (SSSR count).